The lowest BCUT2D eigenvalue weighted by molar-refractivity contribution is 0.281. The quantitative estimate of drug-likeness (QED) is 0.907. The maximum absolute atomic E-state index is 4.81. The second-order valence-electron chi connectivity index (χ2n) is 8.43. The molecule has 0 bridgehead atoms. The molecule has 5 rings (SSSR count). The molecular formula is C19H28N6. The van der Waals surface area contributed by atoms with Crippen LogP contribution in [0.15, 0.2) is 12.1 Å². The molecule has 0 atom stereocenters. The molecule has 6 nitrogen and oxygen atoms in total. The average molecular weight is 340 g/mol. The van der Waals surface area contributed by atoms with Crippen LogP contribution in [0.3, 0.4) is 0 Å². The minimum Gasteiger partial charge on any atom is -0.354 e. The Labute approximate surface area is 149 Å². The molecule has 6 heteroatoms. The number of anilines is 1. The van der Waals surface area contributed by atoms with Crippen molar-refractivity contribution in [2.75, 3.05) is 24.5 Å². The standard InChI is InChI=1S/C19H28N6/c1-13-2-6-16(7-3-13)20-10-14-11-24(12-14)18-9-8-17-21-22-19(15-4-5-15)25(17)23-18/h8-9,13-16,20H,2-7,10-12H2,1H3. The van der Waals surface area contributed by atoms with Gasteiger partial charge in [-0.15, -0.1) is 15.3 Å². The van der Waals surface area contributed by atoms with Crippen LogP contribution in [0.5, 0.6) is 0 Å². The lowest BCUT2D eigenvalue weighted by Gasteiger charge is -2.41. The topological polar surface area (TPSA) is 58.3 Å². The van der Waals surface area contributed by atoms with Crippen molar-refractivity contribution in [3.8, 4) is 0 Å². The monoisotopic (exact) mass is 340 g/mol. The number of fused-ring (bicyclic) bond motifs is 1. The van der Waals surface area contributed by atoms with Crippen molar-refractivity contribution in [1.29, 1.82) is 0 Å². The summed E-state index contributed by atoms with van der Waals surface area (Å²) in [6, 6.07) is 4.89. The highest BCUT2D eigenvalue weighted by molar-refractivity contribution is 5.47. The predicted octanol–water partition coefficient (Wildman–Crippen LogP) is 2.61. The fourth-order valence-corrected chi connectivity index (χ4v) is 4.24. The van der Waals surface area contributed by atoms with E-state index in [0.717, 1.165) is 54.8 Å². The van der Waals surface area contributed by atoms with Gasteiger partial charge in [-0.2, -0.15) is 4.52 Å². The van der Waals surface area contributed by atoms with Gasteiger partial charge < -0.3 is 10.2 Å². The molecule has 1 aliphatic heterocycles. The van der Waals surface area contributed by atoms with E-state index in [1.807, 2.05) is 4.52 Å². The van der Waals surface area contributed by atoms with E-state index in [0.29, 0.717) is 5.92 Å². The molecule has 0 aromatic carbocycles. The highest BCUT2D eigenvalue weighted by Crippen LogP contribution is 2.39. The zero-order valence-corrected chi connectivity index (χ0v) is 15.1. The number of rotatable bonds is 5. The van der Waals surface area contributed by atoms with Crippen molar-refractivity contribution in [1.82, 2.24) is 25.1 Å². The maximum atomic E-state index is 4.81. The van der Waals surface area contributed by atoms with Gasteiger partial charge in [-0.05, 0) is 56.6 Å². The Hall–Kier alpha value is -1.69. The zero-order chi connectivity index (χ0) is 16.8. The Kier molecular flexibility index (Phi) is 3.88. The first-order chi connectivity index (χ1) is 12.3. The van der Waals surface area contributed by atoms with Gasteiger partial charge in [0.2, 0.25) is 0 Å². The van der Waals surface area contributed by atoms with E-state index in [4.69, 9.17) is 5.10 Å². The van der Waals surface area contributed by atoms with Crippen LogP contribution in [0.4, 0.5) is 5.82 Å². The maximum Gasteiger partial charge on any atom is 0.178 e. The molecule has 3 fully saturated rings. The van der Waals surface area contributed by atoms with Gasteiger partial charge in [-0.25, -0.2) is 0 Å². The summed E-state index contributed by atoms with van der Waals surface area (Å²) < 4.78 is 1.96. The van der Waals surface area contributed by atoms with Crippen LogP contribution in [0.2, 0.25) is 0 Å². The van der Waals surface area contributed by atoms with Gasteiger partial charge in [-0.1, -0.05) is 6.92 Å². The molecule has 1 N–H and O–H groups in total. The summed E-state index contributed by atoms with van der Waals surface area (Å²) in [6.45, 7) is 5.75. The molecule has 3 aliphatic rings. The fourth-order valence-electron chi connectivity index (χ4n) is 4.24. The number of nitrogens with zero attached hydrogens (tertiary/aromatic N) is 5. The molecule has 2 saturated carbocycles. The van der Waals surface area contributed by atoms with Crippen LogP contribution < -0.4 is 10.2 Å². The van der Waals surface area contributed by atoms with E-state index in [1.165, 1.54) is 38.5 Å². The second kappa shape index (κ2) is 6.24. The Balaban J connectivity index is 1.16. The van der Waals surface area contributed by atoms with Gasteiger partial charge in [-0.3, -0.25) is 0 Å². The smallest absolute Gasteiger partial charge is 0.178 e. The minimum atomic E-state index is 0.573. The van der Waals surface area contributed by atoms with Gasteiger partial charge in [0.05, 0.1) is 0 Å². The molecule has 0 unspecified atom stereocenters. The fraction of sp³-hybridized carbons (Fsp3) is 0.737. The summed E-state index contributed by atoms with van der Waals surface area (Å²) in [7, 11) is 0. The lowest BCUT2D eigenvalue weighted by Crippen LogP contribution is -2.52. The molecule has 2 aromatic rings. The first-order valence-corrected chi connectivity index (χ1v) is 9.97. The first-order valence-electron chi connectivity index (χ1n) is 9.97. The predicted molar refractivity (Wildman–Crippen MR) is 97.9 cm³/mol. The van der Waals surface area contributed by atoms with Gasteiger partial charge >= 0.3 is 0 Å². The average Bonchev–Trinajstić information content (AvgIpc) is 3.34. The van der Waals surface area contributed by atoms with E-state index in [-0.39, 0.29) is 0 Å². The van der Waals surface area contributed by atoms with Crippen molar-refractivity contribution in [3.63, 3.8) is 0 Å². The van der Waals surface area contributed by atoms with Crippen LogP contribution in [0.1, 0.15) is 57.2 Å². The van der Waals surface area contributed by atoms with Crippen molar-refractivity contribution in [3.05, 3.63) is 18.0 Å². The van der Waals surface area contributed by atoms with Crippen molar-refractivity contribution >= 4 is 11.5 Å². The van der Waals surface area contributed by atoms with Crippen molar-refractivity contribution in [2.45, 2.75) is 57.4 Å². The summed E-state index contributed by atoms with van der Waals surface area (Å²) in [6.07, 6.45) is 7.94. The van der Waals surface area contributed by atoms with Gasteiger partial charge in [0.1, 0.15) is 5.82 Å². The molecule has 2 aliphatic carbocycles. The van der Waals surface area contributed by atoms with E-state index >= 15 is 0 Å². The minimum absolute atomic E-state index is 0.573. The Morgan fingerprint density at radius 1 is 1.04 bits per heavy atom. The van der Waals surface area contributed by atoms with Crippen molar-refractivity contribution in [2.24, 2.45) is 11.8 Å². The molecule has 134 valence electrons. The molecule has 0 amide bonds. The van der Waals surface area contributed by atoms with Crippen LogP contribution in [-0.2, 0) is 0 Å². The Morgan fingerprint density at radius 3 is 2.60 bits per heavy atom. The normalized spacial score (nSPS) is 27.6. The molecule has 0 radical (unpaired) electrons. The number of hydrogen-bond donors (Lipinski definition) is 1. The van der Waals surface area contributed by atoms with Gasteiger partial charge in [0.15, 0.2) is 11.5 Å². The van der Waals surface area contributed by atoms with E-state index in [9.17, 15) is 0 Å². The summed E-state index contributed by atoms with van der Waals surface area (Å²) in [4.78, 5) is 2.38. The van der Waals surface area contributed by atoms with Gasteiger partial charge in [0, 0.05) is 37.5 Å². The summed E-state index contributed by atoms with van der Waals surface area (Å²) in [5.74, 6) is 4.36. The lowest BCUT2D eigenvalue weighted by atomic mass is 9.87. The van der Waals surface area contributed by atoms with E-state index in [1.54, 1.807) is 0 Å². The first kappa shape index (κ1) is 15.6. The largest absolute Gasteiger partial charge is 0.354 e. The third-order valence-corrected chi connectivity index (χ3v) is 6.21. The molecule has 0 spiro atoms. The third kappa shape index (κ3) is 3.12. The van der Waals surface area contributed by atoms with Crippen LogP contribution >= 0.6 is 0 Å². The van der Waals surface area contributed by atoms with Gasteiger partial charge in [0.25, 0.3) is 0 Å². The van der Waals surface area contributed by atoms with E-state index < -0.39 is 0 Å². The summed E-state index contributed by atoms with van der Waals surface area (Å²) >= 11 is 0. The molecule has 25 heavy (non-hydrogen) atoms. The highest BCUT2D eigenvalue weighted by atomic mass is 15.4. The highest BCUT2D eigenvalue weighted by Gasteiger charge is 2.31. The SMILES string of the molecule is CC1CCC(NCC2CN(c3ccc4nnc(C5CC5)n4n3)C2)CC1. The van der Waals surface area contributed by atoms with Crippen LogP contribution in [-0.4, -0.2) is 45.5 Å². The van der Waals surface area contributed by atoms with E-state index in [2.05, 4.69) is 39.5 Å². The summed E-state index contributed by atoms with van der Waals surface area (Å²) in [5, 5.41) is 17.2. The Morgan fingerprint density at radius 2 is 1.84 bits per heavy atom. The summed E-state index contributed by atoms with van der Waals surface area (Å²) in [5.41, 5.74) is 0.871. The zero-order valence-electron chi connectivity index (χ0n) is 15.1. The number of hydrogen-bond acceptors (Lipinski definition) is 5. The molecular weight excluding hydrogens is 312 g/mol. The van der Waals surface area contributed by atoms with Crippen LogP contribution in [0, 0.1) is 11.8 Å². The molecule has 2 aromatic heterocycles. The molecule has 3 heterocycles. The van der Waals surface area contributed by atoms with Crippen LogP contribution in [0.25, 0.3) is 5.65 Å². The number of nitrogens with one attached hydrogen (secondary N) is 1. The third-order valence-electron chi connectivity index (χ3n) is 6.21. The van der Waals surface area contributed by atoms with Crippen molar-refractivity contribution < 1.29 is 0 Å². The number of aromatic nitrogens is 4. The molecule has 1 saturated heterocycles. The Bertz CT molecular complexity index is 737. The second-order valence-corrected chi connectivity index (χ2v) is 8.43.